The van der Waals surface area contributed by atoms with Crippen molar-refractivity contribution in [3.63, 3.8) is 0 Å². The predicted octanol–water partition coefficient (Wildman–Crippen LogP) is 1.56. The smallest absolute Gasteiger partial charge is 0.0587 e. The van der Waals surface area contributed by atoms with Gasteiger partial charge in [-0.05, 0) is 25.6 Å². The monoisotopic (exact) mass is 277 g/mol. The summed E-state index contributed by atoms with van der Waals surface area (Å²) in [5.74, 6) is 0. The van der Waals surface area contributed by atoms with Gasteiger partial charge in [0.1, 0.15) is 0 Å². The standard InChI is InChI=1S/C16H27N3O/c1-14-13-19(10-9-18(14)2)16-7-5-4-6-15(16)12-17-8-11-20-3/h4-7,14,17H,8-13H2,1-3H3. The molecular weight excluding hydrogens is 250 g/mol. The quantitative estimate of drug-likeness (QED) is 0.799. The summed E-state index contributed by atoms with van der Waals surface area (Å²) in [5.41, 5.74) is 2.75. The van der Waals surface area contributed by atoms with E-state index in [1.807, 2.05) is 0 Å². The molecule has 1 unspecified atom stereocenters. The van der Waals surface area contributed by atoms with Crippen LogP contribution in [0.3, 0.4) is 0 Å². The summed E-state index contributed by atoms with van der Waals surface area (Å²) in [7, 11) is 3.95. The molecule has 0 radical (unpaired) electrons. The van der Waals surface area contributed by atoms with Crippen molar-refractivity contribution in [2.24, 2.45) is 0 Å². The second-order valence-corrected chi connectivity index (χ2v) is 5.57. The van der Waals surface area contributed by atoms with Crippen molar-refractivity contribution in [3.05, 3.63) is 29.8 Å². The van der Waals surface area contributed by atoms with Gasteiger partial charge in [-0.2, -0.15) is 0 Å². The Morgan fingerprint density at radius 1 is 1.30 bits per heavy atom. The number of nitrogens with zero attached hydrogens (tertiary/aromatic N) is 2. The zero-order valence-electron chi connectivity index (χ0n) is 12.9. The number of rotatable bonds is 6. The normalized spacial score (nSPS) is 20.4. The molecule has 0 spiro atoms. The number of anilines is 1. The van der Waals surface area contributed by atoms with Crippen LogP contribution in [0.5, 0.6) is 0 Å². The maximum absolute atomic E-state index is 5.07. The van der Waals surface area contributed by atoms with Crippen molar-refractivity contribution < 1.29 is 4.74 Å². The molecule has 1 aromatic rings. The number of para-hydroxylation sites is 1. The van der Waals surface area contributed by atoms with E-state index < -0.39 is 0 Å². The molecule has 4 heteroatoms. The molecular formula is C16H27N3O. The molecule has 1 aliphatic heterocycles. The highest BCUT2D eigenvalue weighted by Crippen LogP contribution is 2.23. The fourth-order valence-electron chi connectivity index (χ4n) is 2.63. The molecule has 1 heterocycles. The summed E-state index contributed by atoms with van der Waals surface area (Å²) >= 11 is 0. The Morgan fingerprint density at radius 3 is 2.85 bits per heavy atom. The molecule has 0 bridgehead atoms. The molecule has 0 aliphatic carbocycles. The predicted molar refractivity (Wildman–Crippen MR) is 84.3 cm³/mol. The molecule has 1 atom stereocenters. The summed E-state index contributed by atoms with van der Waals surface area (Å²) in [6, 6.07) is 9.33. The molecule has 112 valence electrons. The summed E-state index contributed by atoms with van der Waals surface area (Å²) in [6.45, 7) is 8.19. The highest BCUT2D eigenvalue weighted by molar-refractivity contribution is 5.54. The second kappa shape index (κ2) is 7.62. The van der Waals surface area contributed by atoms with Crippen LogP contribution in [-0.2, 0) is 11.3 Å². The second-order valence-electron chi connectivity index (χ2n) is 5.57. The molecule has 1 saturated heterocycles. The van der Waals surface area contributed by atoms with Gasteiger partial charge in [0, 0.05) is 51.6 Å². The third-order valence-corrected chi connectivity index (χ3v) is 4.09. The van der Waals surface area contributed by atoms with E-state index in [1.165, 1.54) is 11.3 Å². The average Bonchev–Trinajstić information content (AvgIpc) is 2.47. The van der Waals surface area contributed by atoms with Crippen molar-refractivity contribution in [1.29, 1.82) is 0 Å². The third kappa shape index (κ3) is 3.95. The van der Waals surface area contributed by atoms with Crippen molar-refractivity contribution in [3.8, 4) is 0 Å². The van der Waals surface area contributed by atoms with Gasteiger partial charge in [0.25, 0.3) is 0 Å². The number of likely N-dealkylation sites (N-methyl/N-ethyl adjacent to an activating group) is 1. The molecule has 0 saturated carbocycles. The van der Waals surface area contributed by atoms with Crippen LogP contribution < -0.4 is 10.2 Å². The van der Waals surface area contributed by atoms with E-state index in [2.05, 4.69) is 53.4 Å². The topological polar surface area (TPSA) is 27.7 Å². The first kappa shape index (κ1) is 15.3. The van der Waals surface area contributed by atoms with Gasteiger partial charge in [0.15, 0.2) is 0 Å². The number of benzene rings is 1. The molecule has 1 N–H and O–H groups in total. The maximum atomic E-state index is 5.07. The molecule has 1 aromatic carbocycles. The van der Waals surface area contributed by atoms with E-state index in [4.69, 9.17) is 4.74 Å². The first-order chi connectivity index (χ1) is 9.72. The molecule has 1 fully saturated rings. The molecule has 0 amide bonds. The minimum absolute atomic E-state index is 0.609. The number of hydrogen-bond donors (Lipinski definition) is 1. The lowest BCUT2D eigenvalue weighted by atomic mass is 10.1. The number of piperazine rings is 1. The van der Waals surface area contributed by atoms with E-state index in [1.54, 1.807) is 7.11 Å². The number of ether oxygens (including phenoxy) is 1. The Balaban J connectivity index is 2.00. The summed E-state index contributed by atoms with van der Waals surface area (Å²) in [6.07, 6.45) is 0. The van der Waals surface area contributed by atoms with Gasteiger partial charge in [0.05, 0.1) is 6.61 Å². The summed E-state index contributed by atoms with van der Waals surface area (Å²) in [5, 5.41) is 3.44. The van der Waals surface area contributed by atoms with Crippen LogP contribution in [0.1, 0.15) is 12.5 Å². The van der Waals surface area contributed by atoms with Gasteiger partial charge < -0.3 is 19.9 Å². The molecule has 1 aliphatic rings. The van der Waals surface area contributed by atoms with Crippen LogP contribution >= 0.6 is 0 Å². The highest BCUT2D eigenvalue weighted by Gasteiger charge is 2.21. The van der Waals surface area contributed by atoms with Crippen LogP contribution in [-0.4, -0.2) is 57.9 Å². The SMILES string of the molecule is COCCNCc1ccccc1N1CCN(C)C(C)C1. The molecule has 0 aromatic heterocycles. The Morgan fingerprint density at radius 2 is 2.10 bits per heavy atom. The van der Waals surface area contributed by atoms with Crippen molar-refractivity contribution >= 4 is 5.69 Å². The lowest BCUT2D eigenvalue weighted by Crippen LogP contribution is -2.50. The molecule has 2 rings (SSSR count). The first-order valence-electron chi connectivity index (χ1n) is 7.45. The maximum Gasteiger partial charge on any atom is 0.0587 e. The Labute approximate surface area is 122 Å². The van der Waals surface area contributed by atoms with Crippen molar-refractivity contribution in [1.82, 2.24) is 10.2 Å². The summed E-state index contributed by atoms with van der Waals surface area (Å²) in [4.78, 5) is 4.94. The first-order valence-corrected chi connectivity index (χ1v) is 7.45. The number of hydrogen-bond acceptors (Lipinski definition) is 4. The van der Waals surface area contributed by atoms with Gasteiger partial charge in [-0.15, -0.1) is 0 Å². The average molecular weight is 277 g/mol. The zero-order valence-corrected chi connectivity index (χ0v) is 12.9. The Kier molecular flexibility index (Phi) is 5.83. The number of methoxy groups -OCH3 is 1. The minimum Gasteiger partial charge on any atom is -0.383 e. The number of nitrogens with one attached hydrogen (secondary N) is 1. The summed E-state index contributed by atoms with van der Waals surface area (Å²) < 4.78 is 5.07. The lowest BCUT2D eigenvalue weighted by Gasteiger charge is -2.39. The van der Waals surface area contributed by atoms with Crippen molar-refractivity contribution in [2.45, 2.75) is 19.5 Å². The fourth-order valence-corrected chi connectivity index (χ4v) is 2.63. The van der Waals surface area contributed by atoms with E-state index in [9.17, 15) is 0 Å². The van der Waals surface area contributed by atoms with Crippen LogP contribution in [0.15, 0.2) is 24.3 Å². The van der Waals surface area contributed by atoms with Crippen LogP contribution in [0.2, 0.25) is 0 Å². The van der Waals surface area contributed by atoms with Crippen LogP contribution in [0.25, 0.3) is 0 Å². The highest BCUT2D eigenvalue weighted by atomic mass is 16.5. The Hall–Kier alpha value is -1.10. The fraction of sp³-hybridized carbons (Fsp3) is 0.625. The van der Waals surface area contributed by atoms with E-state index in [-0.39, 0.29) is 0 Å². The minimum atomic E-state index is 0.609. The van der Waals surface area contributed by atoms with E-state index >= 15 is 0 Å². The van der Waals surface area contributed by atoms with E-state index in [0.717, 1.165) is 39.3 Å². The molecule has 20 heavy (non-hydrogen) atoms. The van der Waals surface area contributed by atoms with Gasteiger partial charge in [-0.1, -0.05) is 18.2 Å². The Bertz CT molecular complexity index is 410. The third-order valence-electron chi connectivity index (χ3n) is 4.09. The van der Waals surface area contributed by atoms with Gasteiger partial charge >= 0.3 is 0 Å². The van der Waals surface area contributed by atoms with Crippen LogP contribution in [0.4, 0.5) is 5.69 Å². The van der Waals surface area contributed by atoms with Crippen molar-refractivity contribution in [2.75, 3.05) is 51.8 Å². The van der Waals surface area contributed by atoms with Crippen LogP contribution in [0, 0.1) is 0 Å². The lowest BCUT2D eigenvalue weighted by molar-refractivity contribution is 0.199. The zero-order chi connectivity index (χ0) is 14.4. The molecule has 4 nitrogen and oxygen atoms in total. The van der Waals surface area contributed by atoms with Gasteiger partial charge in [-0.25, -0.2) is 0 Å². The largest absolute Gasteiger partial charge is 0.383 e. The van der Waals surface area contributed by atoms with E-state index in [0.29, 0.717) is 6.04 Å². The van der Waals surface area contributed by atoms with Gasteiger partial charge in [-0.3, -0.25) is 0 Å². The van der Waals surface area contributed by atoms with Gasteiger partial charge in [0.2, 0.25) is 0 Å².